The Morgan fingerprint density at radius 3 is 1.90 bits per heavy atom. The molecule has 0 atom stereocenters. The summed E-state index contributed by atoms with van der Waals surface area (Å²) in [5.41, 5.74) is 0. The summed E-state index contributed by atoms with van der Waals surface area (Å²) in [6, 6.07) is 0. The summed E-state index contributed by atoms with van der Waals surface area (Å²) in [6.07, 6.45) is 7.98. The van der Waals surface area contributed by atoms with Crippen molar-refractivity contribution in [3.8, 4) is 0 Å². The third kappa shape index (κ3) is 16.0. The second-order valence-electron chi connectivity index (χ2n) is 2.27. The van der Waals surface area contributed by atoms with E-state index in [1.165, 1.54) is 32.1 Å². The van der Waals surface area contributed by atoms with Gasteiger partial charge in [-0.25, -0.2) is 0 Å². The molecule has 10 heavy (non-hydrogen) atoms. The average Bonchev–Trinajstić information content (AvgIpc) is 1.81. The van der Waals surface area contributed by atoms with Gasteiger partial charge in [-0.05, 0) is 0 Å². The minimum absolute atomic E-state index is 0. The van der Waals surface area contributed by atoms with Crippen molar-refractivity contribution < 1.29 is 32.7 Å². The van der Waals surface area contributed by atoms with Crippen LogP contribution in [0.1, 0.15) is 52.9 Å². The molecule has 1 radical (unpaired) electrons. The first-order valence-corrected chi connectivity index (χ1v) is 3.71. The quantitative estimate of drug-likeness (QED) is 0.486. The molecule has 0 bridgehead atoms. The Kier molecular flexibility index (Phi) is 28.6. The van der Waals surface area contributed by atoms with Crippen molar-refractivity contribution in [2.24, 2.45) is 0 Å². The molecule has 0 saturated heterocycles. The van der Waals surface area contributed by atoms with E-state index in [-0.39, 0.29) is 40.1 Å². The zero-order valence-corrected chi connectivity index (χ0v) is 9.37. The first kappa shape index (κ1) is 17.3. The predicted molar refractivity (Wildman–Crippen MR) is 45.5 cm³/mol. The molecule has 0 spiro atoms. The summed E-state index contributed by atoms with van der Waals surface area (Å²) in [4.78, 5) is 0. The third-order valence-corrected chi connectivity index (χ3v) is 1.35. The SMILES string of the molecule is C.[CH2-]CCCCCCC.[Y]. The van der Waals surface area contributed by atoms with Crippen LogP contribution in [-0.2, 0) is 32.7 Å². The molecule has 0 aromatic carbocycles. The van der Waals surface area contributed by atoms with Gasteiger partial charge in [0, 0.05) is 32.7 Å². The van der Waals surface area contributed by atoms with Crippen molar-refractivity contribution >= 4 is 0 Å². The predicted octanol–water partition coefficient (Wildman–Crippen LogP) is 3.81. The largest absolute Gasteiger partial charge is 0.343 e. The molecule has 0 aliphatic rings. The van der Waals surface area contributed by atoms with Crippen molar-refractivity contribution in [2.45, 2.75) is 52.9 Å². The molecule has 1 heteroatoms. The van der Waals surface area contributed by atoms with E-state index in [1.807, 2.05) is 0 Å². The van der Waals surface area contributed by atoms with Crippen LogP contribution in [0.2, 0.25) is 0 Å². The van der Waals surface area contributed by atoms with Crippen LogP contribution in [-0.4, -0.2) is 0 Å². The second-order valence-corrected chi connectivity index (χ2v) is 2.27. The Morgan fingerprint density at radius 2 is 1.50 bits per heavy atom. The van der Waals surface area contributed by atoms with Gasteiger partial charge in [-0.3, -0.25) is 0 Å². The first-order valence-electron chi connectivity index (χ1n) is 3.71. The molecule has 0 heterocycles. The summed E-state index contributed by atoms with van der Waals surface area (Å²) in [5.74, 6) is 0. The summed E-state index contributed by atoms with van der Waals surface area (Å²) in [5, 5.41) is 0. The summed E-state index contributed by atoms with van der Waals surface area (Å²) >= 11 is 0. The van der Waals surface area contributed by atoms with Crippen molar-refractivity contribution in [1.29, 1.82) is 0 Å². The van der Waals surface area contributed by atoms with Crippen molar-refractivity contribution in [2.75, 3.05) is 0 Å². The zero-order chi connectivity index (χ0) is 6.24. The van der Waals surface area contributed by atoms with E-state index < -0.39 is 0 Å². The normalized spacial score (nSPS) is 7.80. The van der Waals surface area contributed by atoms with E-state index in [0.29, 0.717) is 0 Å². The Morgan fingerprint density at radius 1 is 1.00 bits per heavy atom. The topological polar surface area (TPSA) is 0 Å². The van der Waals surface area contributed by atoms with Gasteiger partial charge in [0.2, 0.25) is 0 Å². The van der Waals surface area contributed by atoms with Crippen LogP contribution in [0.15, 0.2) is 0 Å². The number of hydrogen-bond donors (Lipinski definition) is 0. The second kappa shape index (κ2) is 16.6. The molecule has 61 valence electrons. The van der Waals surface area contributed by atoms with Gasteiger partial charge in [-0.2, -0.15) is 6.42 Å². The molecule has 0 aromatic rings. The van der Waals surface area contributed by atoms with E-state index in [0.717, 1.165) is 6.42 Å². The number of hydrogen-bond acceptors (Lipinski definition) is 0. The molecule has 0 aliphatic heterocycles. The summed E-state index contributed by atoms with van der Waals surface area (Å²) in [6.45, 7) is 6.02. The summed E-state index contributed by atoms with van der Waals surface area (Å²) in [7, 11) is 0. The number of rotatable bonds is 5. The van der Waals surface area contributed by atoms with E-state index in [4.69, 9.17) is 0 Å². The van der Waals surface area contributed by atoms with Crippen molar-refractivity contribution in [3.05, 3.63) is 6.92 Å². The van der Waals surface area contributed by atoms with Crippen molar-refractivity contribution in [3.63, 3.8) is 0 Å². The van der Waals surface area contributed by atoms with E-state index in [9.17, 15) is 0 Å². The van der Waals surface area contributed by atoms with Gasteiger partial charge < -0.3 is 6.92 Å². The average molecular weight is 218 g/mol. The molecule has 0 unspecified atom stereocenters. The van der Waals surface area contributed by atoms with Crippen LogP contribution >= 0.6 is 0 Å². The van der Waals surface area contributed by atoms with Gasteiger partial charge in [0.1, 0.15) is 0 Å². The molecule has 0 nitrogen and oxygen atoms in total. The van der Waals surface area contributed by atoms with Gasteiger partial charge in [-0.1, -0.05) is 46.5 Å². The van der Waals surface area contributed by atoms with Crippen LogP contribution < -0.4 is 0 Å². The number of unbranched alkanes of at least 4 members (excludes halogenated alkanes) is 5. The fraction of sp³-hybridized carbons (Fsp3) is 0.889. The Labute approximate surface area is 92.0 Å². The van der Waals surface area contributed by atoms with Crippen LogP contribution in [0.3, 0.4) is 0 Å². The Bertz CT molecular complexity index is 29.7. The third-order valence-electron chi connectivity index (χ3n) is 1.35. The molecule has 0 aliphatic carbocycles. The Balaban J connectivity index is -0.000000245. The maximum Gasteiger partial charge on any atom is 0 e. The molecule has 0 saturated carbocycles. The van der Waals surface area contributed by atoms with Gasteiger partial charge in [0.15, 0.2) is 0 Å². The maximum absolute atomic E-state index is 3.78. The van der Waals surface area contributed by atoms with E-state index >= 15 is 0 Å². The van der Waals surface area contributed by atoms with Crippen LogP contribution in [0.4, 0.5) is 0 Å². The fourth-order valence-electron chi connectivity index (χ4n) is 0.780. The molecule has 0 fully saturated rings. The first-order chi connectivity index (χ1) is 3.91. The van der Waals surface area contributed by atoms with E-state index in [2.05, 4.69) is 13.8 Å². The van der Waals surface area contributed by atoms with Gasteiger partial charge in [0.05, 0.1) is 0 Å². The Hall–Kier alpha value is 1.10. The van der Waals surface area contributed by atoms with Crippen LogP contribution in [0, 0.1) is 6.92 Å². The van der Waals surface area contributed by atoms with Gasteiger partial charge in [0.25, 0.3) is 0 Å². The molecule has 0 N–H and O–H groups in total. The molecule has 0 rings (SSSR count). The molecule has 0 aromatic heterocycles. The minimum Gasteiger partial charge on any atom is -0.343 e. The smallest absolute Gasteiger partial charge is 0 e. The zero-order valence-electron chi connectivity index (χ0n) is 6.53. The van der Waals surface area contributed by atoms with Crippen LogP contribution in [0.5, 0.6) is 0 Å². The molecular weight excluding hydrogens is 197 g/mol. The molecule has 0 amide bonds. The summed E-state index contributed by atoms with van der Waals surface area (Å²) < 4.78 is 0. The van der Waals surface area contributed by atoms with E-state index in [1.54, 1.807) is 0 Å². The fourth-order valence-corrected chi connectivity index (χ4v) is 0.780. The van der Waals surface area contributed by atoms with Gasteiger partial charge >= 0.3 is 0 Å². The maximum atomic E-state index is 3.78. The minimum atomic E-state index is 0. The standard InChI is InChI=1S/C8H17.CH4.Y/c1-3-5-7-8-6-4-2;;/h1,3-8H2,2H3;1H4;/q-1;;. The monoisotopic (exact) mass is 218 g/mol. The van der Waals surface area contributed by atoms with Crippen molar-refractivity contribution in [1.82, 2.24) is 0 Å². The molecular formula is C9H21Y-. The van der Waals surface area contributed by atoms with Crippen LogP contribution in [0.25, 0.3) is 0 Å². The van der Waals surface area contributed by atoms with Gasteiger partial charge in [-0.15, -0.1) is 0 Å².